The predicted molar refractivity (Wildman–Crippen MR) is 87.1 cm³/mol. The zero-order valence-electron chi connectivity index (χ0n) is 11.8. The van der Waals surface area contributed by atoms with Gasteiger partial charge in [-0.25, -0.2) is 4.79 Å². The second kappa shape index (κ2) is 5.93. The van der Waals surface area contributed by atoms with Crippen molar-refractivity contribution in [3.05, 3.63) is 63.6 Å². The molecule has 0 saturated heterocycles. The lowest BCUT2D eigenvalue weighted by atomic mass is 10.0. The Balaban J connectivity index is 1.88. The number of hydrogen-bond acceptors (Lipinski definition) is 2. The number of rotatable bonds is 3. The Kier molecular flexibility index (Phi) is 3.98. The zero-order valence-corrected chi connectivity index (χ0v) is 13.3. The lowest BCUT2D eigenvalue weighted by molar-refractivity contribution is -0.119. The van der Waals surface area contributed by atoms with Crippen LogP contribution < -0.4 is 4.90 Å². The second-order valence-corrected chi connectivity index (χ2v) is 6.17. The third-order valence-corrected chi connectivity index (χ3v) is 4.28. The van der Waals surface area contributed by atoms with Crippen LogP contribution >= 0.6 is 15.9 Å². The molecule has 1 N–H and O–H groups in total. The molecule has 1 aliphatic rings. The molecule has 0 aliphatic carbocycles. The molecule has 0 saturated carbocycles. The SMILES string of the molecule is O=C(O)c1ccc(CN2C(=O)CCc3cc(Br)ccc32)cc1. The van der Waals surface area contributed by atoms with Crippen molar-refractivity contribution in [2.24, 2.45) is 0 Å². The van der Waals surface area contributed by atoms with Crippen LogP contribution in [0.5, 0.6) is 0 Å². The van der Waals surface area contributed by atoms with Crippen molar-refractivity contribution in [1.29, 1.82) is 0 Å². The zero-order chi connectivity index (χ0) is 15.7. The molecule has 112 valence electrons. The molecule has 5 heteroatoms. The van der Waals surface area contributed by atoms with Crippen LogP contribution in [0.2, 0.25) is 0 Å². The first kappa shape index (κ1) is 14.8. The summed E-state index contributed by atoms with van der Waals surface area (Å²) >= 11 is 3.45. The van der Waals surface area contributed by atoms with E-state index in [1.165, 1.54) is 0 Å². The molecule has 1 heterocycles. The van der Waals surface area contributed by atoms with Crippen LogP contribution in [-0.2, 0) is 17.8 Å². The Labute approximate surface area is 136 Å². The molecule has 22 heavy (non-hydrogen) atoms. The number of carboxylic acid groups (broad SMARTS) is 1. The summed E-state index contributed by atoms with van der Waals surface area (Å²) in [6, 6.07) is 12.6. The van der Waals surface area contributed by atoms with Crippen LogP contribution in [-0.4, -0.2) is 17.0 Å². The number of fused-ring (bicyclic) bond motifs is 1. The minimum absolute atomic E-state index is 0.0946. The number of carbonyl (C=O) groups excluding carboxylic acids is 1. The smallest absolute Gasteiger partial charge is 0.335 e. The second-order valence-electron chi connectivity index (χ2n) is 5.25. The molecule has 0 atom stereocenters. The Morgan fingerprint density at radius 3 is 2.55 bits per heavy atom. The van der Waals surface area contributed by atoms with Gasteiger partial charge >= 0.3 is 5.97 Å². The first-order valence-corrected chi connectivity index (χ1v) is 7.75. The summed E-state index contributed by atoms with van der Waals surface area (Å²) in [7, 11) is 0. The number of aromatic carboxylic acids is 1. The van der Waals surface area contributed by atoms with E-state index in [0.29, 0.717) is 13.0 Å². The third kappa shape index (κ3) is 2.90. The van der Waals surface area contributed by atoms with Crippen LogP contribution in [0.4, 0.5) is 5.69 Å². The summed E-state index contributed by atoms with van der Waals surface area (Å²) in [4.78, 5) is 24.9. The van der Waals surface area contributed by atoms with E-state index in [4.69, 9.17) is 5.11 Å². The van der Waals surface area contributed by atoms with Crippen LogP contribution in [0.1, 0.15) is 27.9 Å². The Morgan fingerprint density at radius 1 is 1.14 bits per heavy atom. The van der Waals surface area contributed by atoms with Gasteiger partial charge in [-0.15, -0.1) is 0 Å². The summed E-state index contributed by atoms with van der Waals surface area (Å²) in [6.45, 7) is 0.452. The topological polar surface area (TPSA) is 57.6 Å². The van der Waals surface area contributed by atoms with Gasteiger partial charge < -0.3 is 10.0 Å². The van der Waals surface area contributed by atoms with Gasteiger partial charge in [0, 0.05) is 16.6 Å². The van der Waals surface area contributed by atoms with Crippen molar-refractivity contribution in [3.63, 3.8) is 0 Å². The molecular formula is C17H14BrNO3. The van der Waals surface area contributed by atoms with E-state index in [9.17, 15) is 9.59 Å². The van der Waals surface area contributed by atoms with Gasteiger partial charge in [0.05, 0.1) is 12.1 Å². The minimum Gasteiger partial charge on any atom is -0.478 e. The molecule has 3 rings (SSSR count). The molecule has 1 aliphatic heterocycles. The molecule has 0 fully saturated rings. The highest BCUT2D eigenvalue weighted by molar-refractivity contribution is 9.10. The summed E-state index contributed by atoms with van der Waals surface area (Å²) in [5.41, 5.74) is 3.24. The highest BCUT2D eigenvalue weighted by Crippen LogP contribution is 2.31. The number of carbonyl (C=O) groups is 2. The number of nitrogens with zero attached hydrogens (tertiary/aromatic N) is 1. The first-order valence-electron chi connectivity index (χ1n) is 6.95. The van der Waals surface area contributed by atoms with Crippen LogP contribution in [0.15, 0.2) is 46.9 Å². The van der Waals surface area contributed by atoms with Gasteiger partial charge in [-0.05, 0) is 47.9 Å². The Morgan fingerprint density at radius 2 is 1.86 bits per heavy atom. The fourth-order valence-electron chi connectivity index (χ4n) is 2.64. The fraction of sp³-hybridized carbons (Fsp3) is 0.176. The van der Waals surface area contributed by atoms with Crippen LogP contribution in [0.25, 0.3) is 0 Å². The van der Waals surface area contributed by atoms with Gasteiger partial charge in [-0.1, -0.05) is 28.1 Å². The van der Waals surface area contributed by atoms with Crippen LogP contribution in [0.3, 0.4) is 0 Å². The monoisotopic (exact) mass is 359 g/mol. The van der Waals surface area contributed by atoms with Crippen molar-refractivity contribution >= 4 is 33.5 Å². The number of amides is 1. The molecule has 0 bridgehead atoms. The maximum atomic E-state index is 12.2. The molecular weight excluding hydrogens is 346 g/mol. The maximum absolute atomic E-state index is 12.2. The van der Waals surface area contributed by atoms with Gasteiger partial charge in [-0.3, -0.25) is 4.79 Å². The number of benzene rings is 2. The first-order chi connectivity index (χ1) is 10.5. The average Bonchev–Trinajstić information content (AvgIpc) is 2.50. The van der Waals surface area contributed by atoms with E-state index in [-0.39, 0.29) is 11.5 Å². The molecule has 0 radical (unpaired) electrons. The molecule has 2 aromatic carbocycles. The number of carboxylic acids is 1. The summed E-state index contributed by atoms with van der Waals surface area (Å²) in [5, 5.41) is 8.93. The number of anilines is 1. The number of halogens is 1. The molecule has 0 aromatic heterocycles. The van der Waals surface area contributed by atoms with Gasteiger partial charge in [0.15, 0.2) is 0 Å². The third-order valence-electron chi connectivity index (χ3n) is 3.78. The van der Waals surface area contributed by atoms with Gasteiger partial charge in [0.1, 0.15) is 0 Å². The normalized spacial score (nSPS) is 13.9. The fourth-order valence-corrected chi connectivity index (χ4v) is 3.05. The number of hydrogen-bond donors (Lipinski definition) is 1. The van der Waals surface area contributed by atoms with Crippen molar-refractivity contribution in [3.8, 4) is 0 Å². The quantitative estimate of drug-likeness (QED) is 0.910. The van der Waals surface area contributed by atoms with Gasteiger partial charge in [0.2, 0.25) is 5.91 Å². The van der Waals surface area contributed by atoms with Crippen molar-refractivity contribution < 1.29 is 14.7 Å². The van der Waals surface area contributed by atoms with E-state index in [1.807, 2.05) is 18.2 Å². The minimum atomic E-state index is -0.948. The largest absolute Gasteiger partial charge is 0.478 e. The van der Waals surface area contributed by atoms with Crippen molar-refractivity contribution in [2.75, 3.05) is 4.90 Å². The predicted octanol–water partition coefficient (Wildman–Crippen LogP) is 3.63. The summed E-state index contributed by atoms with van der Waals surface area (Å²) in [5.74, 6) is -0.854. The van der Waals surface area contributed by atoms with Gasteiger partial charge in [0.25, 0.3) is 0 Å². The van der Waals surface area contributed by atoms with Crippen molar-refractivity contribution in [1.82, 2.24) is 0 Å². The summed E-state index contributed by atoms with van der Waals surface area (Å²) in [6.07, 6.45) is 1.25. The lowest BCUT2D eigenvalue weighted by Crippen LogP contribution is -2.34. The molecule has 4 nitrogen and oxygen atoms in total. The number of aryl methyl sites for hydroxylation is 1. The highest BCUT2D eigenvalue weighted by atomic mass is 79.9. The van der Waals surface area contributed by atoms with Crippen molar-refractivity contribution in [2.45, 2.75) is 19.4 Å². The highest BCUT2D eigenvalue weighted by Gasteiger charge is 2.24. The Hall–Kier alpha value is -2.14. The lowest BCUT2D eigenvalue weighted by Gasteiger charge is -2.29. The van der Waals surface area contributed by atoms with Crippen LogP contribution in [0, 0.1) is 0 Å². The van der Waals surface area contributed by atoms with E-state index in [2.05, 4.69) is 15.9 Å². The van der Waals surface area contributed by atoms with E-state index in [1.54, 1.807) is 29.2 Å². The Bertz CT molecular complexity index is 740. The average molecular weight is 360 g/mol. The molecule has 2 aromatic rings. The molecule has 0 spiro atoms. The van der Waals surface area contributed by atoms with E-state index >= 15 is 0 Å². The molecule has 0 unspecified atom stereocenters. The van der Waals surface area contributed by atoms with Gasteiger partial charge in [-0.2, -0.15) is 0 Å². The van der Waals surface area contributed by atoms with E-state index in [0.717, 1.165) is 27.7 Å². The van der Waals surface area contributed by atoms with E-state index < -0.39 is 5.97 Å². The summed E-state index contributed by atoms with van der Waals surface area (Å²) < 4.78 is 1.01. The maximum Gasteiger partial charge on any atom is 0.335 e. The molecule has 1 amide bonds. The standard InChI is InChI=1S/C17H14BrNO3/c18-14-6-7-15-13(9-14)5-8-16(20)19(15)10-11-1-3-12(4-2-11)17(21)22/h1-4,6-7,9H,5,8,10H2,(H,21,22).